The van der Waals surface area contributed by atoms with Crippen LogP contribution in [-0.2, 0) is 9.59 Å². The molecule has 0 aliphatic carbocycles. The number of halogens is 1. The molecule has 0 aliphatic rings. The monoisotopic (exact) mass is 355 g/mol. The zero-order chi connectivity index (χ0) is 18.2. The second kappa shape index (κ2) is 8.52. The van der Waals surface area contributed by atoms with Gasteiger partial charge in [0.1, 0.15) is 17.4 Å². The third-order valence-electron chi connectivity index (χ3n) is 3.06. The lowest BCUT2D eigenvalue weighted by Crippen LogP contribution is -2.19. The lowest BCUT2D eigenvalue weighted by molar-refractivity contribution is -0.120. The Morgan fingerprint density at radius 3 is 2.48 bits per heavy atom. The SMILES string of the molecule is N#C/C(=C\c1ccc(OCC(N)=O)cc1)C(=O)Nc1ccccc1Cl. The van der Waals surface area contributed by atoms with Gasteiger partial charge in [-0.3, -0.25) is 9.59 Å². The summed E-state index contributed by atoms with van der Waals surface area (Å²) in [5.41, 5.74) is 5.96. The standard InChI is InChI=1S/C18H14ClN3O3/c19-15-3-1-2-4-16(15)22-18(24)13(10-20)9-12-5-7-14(8-6-12)25-11-17(21)23/h1-9H,11H2,(H2,21,23)(H,22,24)/b13-9+. The molecule has 2 aromatic carbocycles. The molecule has 0 bridgehead atoms. The Balaban J connectivity index is 2.11. The Labute approximate surface area is 149 Å². The largest absolute Gasteiger partial charge is 0.484 e. The lowest BCUT2D eigenvalue weighted by atomic mass is 10.1. The second-order valence-corrected chi connectivity index (χ2v) is 5.34. The van der Waals surface area contributed by atoms with Crippen LogP contribution < -0.4 is 15.8 Å². The van der Waals surface area contributed by atoms with E-state index in [1.165, 1.54) is 6.08 Å². The van der Waals surface area contributed by atoms with E-state index >= 15 is 0 Å². The molecule has 0 atom stereocenters. The minimum atomic E-state index is -0.577. The van der Waals surface area contributed by atoms with Gasteiger partial charge < -0.3 is 15.8 Å². The van der Waals surface area contributed by atoms with Crippen LogP contribution in [0.15, 0.2) is 54.1 Å². The van der Waals surface area contributed by atoms with E-state index in [2.05, 4.69) is 5.32 Å². The third-order valence-corrected chi connectivity index (χ3v) is 3.39. The van der Waals surface area contributed by atoms with Gasteiger partial charge >= 0.3 is 0 Å². The van der Waals surface area contributed by atoms with Crippen molar-refractivity contribution in [3.8, 4) is 11.8 Å². The summed E-state index contributed by atoms with van der Waals surface area (Å²) in [7, 11) is 0. The number of hydrogen-bond acceptors (Lipinski definition) is 4. The van der Waals surface area contributed by atoms with Crippen molar-refractivity contribution in [2.75, 3.05) is 11.9 Å². The van der Waals surface area contributed by atoms with Gasteiger partial charge in [0.05, 0.1) is 10.7 Å². The highest BCUT2D eigenvalue weighted by Gasteiger charge is 2.11. The molecule has 0 unspecified atom stereocenters. The van der Waals surface area contributed by atoms with Crippen LogP contribution in [-0.4, -0.2) is 18.4 Å². The number of benzene rings is 2. The fourth-order valence-electron chi connectivity index (χ4n) is 1.88. The first kappa shape index (κ1) is 18.0. The average molecular weight is 356 g/mol. The minimum absolute atomic E-state index is 0.0780. The molecule has 6 nitrogen and oxygen atoms in total. The van der Waals surface area contributed by atoms with Crippen LogP contribution in [0.1, 0.15) is 5.56 Å². The average Bonchev–Trinajstić information content (AvgIpc) is 2.60. The molecule has 0 aromatic heterocycles. The molecule has 7 heteroatoms. The normalized spacial score (nSPS) is 10.6. The number of ether oxygens (including phenoxy) is 1. The number of rotatable bonds is 6. The van der Waals surface area contributed by atoms with E-state index in [4.69, 9.17) is 22.1 Å². The molecule has 3 N–H and O–H groups in total. The van der Waals surface area contributed by atoms with E-state index in [0.29, 0.717) is 22.0 Å². The van der Waals surface area contributed by atoms with Crippen LogP contribution in [0.25, 0.3) is 6.08 Å². The molecule has 2 aromatic rings. The van der Waals surface area contributed by atoms with Crippen LogP contribution in [0.3, 0.4) is 0 Å². The number of anilines is 1. The van der Waals surface area contributed by atoms with E-state index in [9.17, 15) is 14.9 Å². The van der Waals surface area contributed by atoms with Gasteiger partial charge in [0.2, 0.25) is 0 Å². The number of para-hydroxylation sites is 1. The first-order valence-electron chi connectivity index (χ1n) is 7.18. The molecule has 2 rings (SSSR count). The summed E-state index contributed by atoms with van der Waals surface area (Å²) in [6, 6.07) is 15.1. The van der Waals surface area contributed by atoms with E-state index in [1.807, 2.05) is 6.07 Å². The maximum absolute atomic E-state index is 12.2. The predicted octanol–water partition coefficient (Wildman–Crippen LogP) is 2.75. The Kier molecular flexibility index (Phi) is 6.15. The van der Waals surface area contributed by atoms with Crippen molar-refractivity contribution >= 4 is 35.2 Å². The molecular weight excluding hydrogens is 342 g/mol. The van der Waals surface area contributed by atoms with Gasteiger partial charge in [0, 0.05) is 0 Å². The van der Waals surface area contributed by atoms with Crippen LogP contribution in [0.5, 0.6) is 5.75 Å². The van der Waals surface area contributed by atoms with Crippen molar-refractivity contribution in [2.24, 2.45) is 5.73 Å². The highest BCUT2D eigenvalue weighted by atomic mass is 35.5. The van der Waals surface area contributed by atoms with Crippen LogP contribution in [0, 0.1) is 11.3 Å². The number of nitriles is 1. The second-order valence-electron chi connectivity index (χ2n) is 4.93. The van der Waals surface area contributed by atoms with E-state index in [1.54, 1.807) is 48.5 Å². The quantitative estimate of drug-likeness (QED) is 0.613. The van der Waals surface area contributed by atoms with Crippen LogP contribution >= 0.6 is 11.6 Å². The van der Waals surface area contributed by atoms with E-state index < -0.39 is 11.8 Å². The Bertz CT molecular complexity index is 855. The van der Waals surface area contributed by atoms with Crippen molar-refractivity contribution in [3.05, 3.63) is 64.7 Å². The number of carbonyl (C=O) groups excluding carboxylic acids is 2. The van der Waals surface area contributed by atoms with Crippen LogP contribution in [0.4, 0.5) is 5.69 Å². The summed E-state index contributed by atoms with van der Waals surface area (Å²) in [6.45, 7) is -0.223. The van der Waals surface area contributed by atoms with Crippen molar-refractivity contribution in [3.63, 3.8) is 0 Å². The molecule has 126 valence electrons. The van der Waals surface area contributed by atoms with Gasteiger partial charge in [-0.05, 0) is 35.9 Å². The fraction of sp³-hybridized carbons (Fsp3) is 0.0556. The highest BCUT2D eigenvalue weighted by Crippen LogP contribution is 2.21. The third kappa shape index (κ3) is 5.37. The van der Waals surface area contributed by atoms with Gasteiger partial charge in [0.25, 0.3) is 11.8 Å². The summed E-state index contributed by atoms with van der Waals surface area (Å²) in [6.07, 6.45) is 1.43. The highest BCUT2D eigenvalue weighted by molar-refractivity contribution is 6.34. The number of nitrogens with one attached hydrogen (secondary N) is 1. The van der Waals surface area contributed by atoms with Gasteiger partial charge in [-0.25, -0.2) is 0 Å². The zero-order valence-corrected chi connectivity index (χ0v) is 13.8. The molecule has 0 radical (unpaired) electrons. The zero-order valence-electron chi connectivity index (χ0n) is 13.0. The minimum Gasteiger partial charge on any atom is -0.484 e. The van der Waals surface area contributed by atoms with Gasteiger partial charge in [-0.2, -0.15) is 5.26 Å². The fourth-order valence-corrected chi connectivity index (χ4v) is 2.07. The maximum atomic E-state index is 12.2. The maximum Gasteiger partial charge on any atom is 0.266 e. The Morgan fingerprint density at radius 1 is 1.20 bits per heavy atom. The summed E-state index contributed by atoms with van der Waals surface area (Å²) in [5.74, 6) is -0.688. The van der Waals surface area contributed by atoms with E-state index in [-0.39, 0.29) is 12.2 Å². The Hall–Kier alpha value is -3.30. The number of nitrogens with two attached hydrogens (primary N) is 1. The summed E-state index contributed by atoms with van der Waals surface area (Å²) in [4.78, 5) is 22.9. The molecule has 2 amide bonds. The first-order chi connectivity index (χ1) is 12.0. The molecule has 0 saturated heterocycles. The number of hydrogen-bond donors (Lipinski definition) is 2. The molecule has 0 heterocycles. The number of carbonyl (C=O) groups is 2. The Morgan fingerprint density at radius 2 is 1.88 bits per heavy atom. The van der Waals surface area contributed by atoms with Gasteiger partial charge in [0.15, 0.2) is 6.61 Å². The van der Waals surface area contributed by atoms with Crippen molar-refractivity contribution in [1.29, 1.82) is 5.26 Å². The predicted molar refractivity (Wildman–Crippen MR) is 94.8 cm³/mol. The topological polar surface area (TPSA) is 105 Å². The molecule has 0 saturated carbocycles. The summed E-state index contributed by atoms with van der Waals surface area (Å²) < 4.78 is 5.14. The molecule has 25 heavy (non-hydrogen) atoms. The van der Waals surface area contributed by atoms with Crippen molar-refractivity contribution < 1.29 is 14.3 Å². The summed E-state index contributed by atoms with van der Waals surface area (Å²) in [5, 5.41) is 12.2. The van der Waals surface area contributed by atoms with Crippen molar-refractivity contribution in [2.45, 2.75) is 0 Å². The molecule has 0 fully saturated rings. The van der Waals surface area contributed by atoms with Gasteiger partial charge in [-0.15, -0.1) is 0 Å². The van der Waals surface area contributed by atoms with Crippen molar-refractivity contribution in [1.82, 2.24) is 0 Å². The van der Waals surface area contributed by atoms with Gasteiger partial charge in [-0.1, -0.05) is 35.9 Å². The smallest absolute Gasteiger partial charge is 0.266 e. The number of nitrogens with zero attached hydrogens (tertiary/aromatic N) is 1. The molecule has 0 aliphatic heterocycles. The van der Waals surface area contributed by atoms with Crippen LogP contribution in [0.2, 0.25) is 5.02 Å². The number of amides is 2. The number of primary amides is 1. The first-order valence-corrected chi connectivity index (χ1v) is 7.56. The van der Waals surface area contributed by atoms with E-state index in [0.717, 1.165) is 0 Å². The summed E-state index contributed by atoms with van der Waals surface area (Å²) >= 11 is 5.98. The lowest BCUT2D eigenvalue weighted by Gasteiger charge is -2.06. The molecule has 0 spiro atoms. The molecular formula is C18H14ClN3O3.